The summed E-state index contributed by atoms with van der Waals surface area (Å²) in [7, 11) is 0. The largest absolute Gasteiger partial charge is 0.347 e. The van der Waals surface area contributed by atoms with E-state index in [0.717, 1.165) is 24.2 Å². The Morgan fingerprint density at radius 2 is 2.00 bits per heavy atom. The summed E-state index contributed by atoms with van der Waals surface area (Å²) in [5, 5.41) is 6.50. The van der Waals surface area contributed by atoms with Crippen molar-refractivity contribution in [2.45, 2.75) is 38.6 Å². The molecule has 1 aromatic rings. The average molecular weight is 281 g/mol. The molecule has 19 heavy (non-hydrogen) atoms. The highest BCUT2D eigenvalue weighted by atomic mass is 35.5. The van der Waals surface area contributed by atoms with Crippen LogP contribution in [0, 0.1) is 6.92 Å². The molecular weight excluding hydrogens is 260 g/mol. The third-order valence-electron chi connectivity index (χ3n) is 4.21. The molecule has 2 aliphatic rings. The van der Waals surface area contributed by atoms with Crippen molar-refractivity contribution in [2.24, 2.45) is 0 Å². The summed E-state index contributed by atoms with van der Waals surface area (Å²) in [6.45, 7) is 8.32. The minimum atomic E-state index is 0. The lowest BCUT2D eigenvalue weighted by Crippen LogP contribution is -2.44. The molecular formula is C15H21ClN2O. The highest BCUT2D eigenvalue weighted by Gasteiger charge is 2.37. The third kappa shape index (κ3) is 2.26. The van der Waals surface area contributed by atoms with E-state index in [0.29, 0.717) is 11.8 Å². The van der Waals surface area contributed by atoms with E-state index in [1.165, 1.54) is 11.1 Å². The van der Waals surface area contributed by atoms with Crippen LogP contribution in [-0.4, -0.2) is 25.0 Å². The number of halogens is 1. The Hall–Kier alpha value is -1.06. The van der Waals surface area contributed by atoms with E-state index >= 15 is 0 Å². The lowest BCUT2D eigenvalue weighted by Gasteiger charge is -2.30. The Balaban J connectivity index is 0.00000133. The number of hydrogen-bond donors (Lipinski definition) is 2. The molecule has 0 aliphatic carbocycles. The predicted octanol–water partition coefficient (Wildman–Crippen LogP) is 2.34. The van der Waals surface area contributed by atoms with E-state index < -0.39 is 0 Å². The molecule has 1 aromatic carbocycles. The van der Waals surface area contributed by atoms with Gasteiger partial charge in [0.1, 0.15) is 0 Å². The molecule has 0 spiro atoms. The van der Waals surface area contributed by atoms with Gasteiger partial charge in [0.2, 0.25) is 0 Å². The number of rotatable bonds is 1. The van der Waals surface area contributed by atoms with E-state index in [-0.39, 0.29) is 24.4 Å². The van der Waals surface area contributed by atoms with Crippen LogP contribution in [0.3, 0.4) is 0 Å². The van der Waals surface area contributed by atoms with Crippen LogP contribution in [0.2, 0.25) is 0 Å². The zero-order valence-corrected chi connectivity index (χ0v) is 12.4. The number of benzene rings is 1. The molecule has 1 amide bonds. The first-order valence-electron chi connectivity index (χ1n) is 6.74. The van der Waals surface area contributed by atoms with E-state index in [9.17, 15) is 4.79 Å². The van der Waals surface area contributed by atoms with Crippen molar-refractivity contribution in [1.29, 1.82) is 0 Å². The van der Waals surface area contributed by atoms with Crippen LogP contribution in [0.15, 0.2) is 12.1 Å². The van der Waals surface area contributed by atoms with Gasteiger partial charge < -0.3 is 10.6 Å². The van der Waals surface area contributed by atoms with Crippen molar-refractivity contribution < 1.29 is 4.79 Å². The fraction of sp³-hybridized carbons (Fsp3) is 0.533. The second kappa shape index (κ2) is 5.14. The SMILES string of the molecule is Cc1cc(C(C)C)cc2c1C(=O)N[C@H]1CNC[C@H]21.Cl. The van der Waals surface area contributed by atoms with Crippen LogP contribution in [0.1, 0.15) is 52.7 Å². The van der Waals surface area contributed by atoms with Gasteiger partial charge >= 0.3 is 0 Å². The van der Waals surface area contributed by atoms with Gasteiger partial charge in [0.15, 0.2) is 0 Å². The van der Waals surface area contributed by atoms with Crippen LogP contribution in [-0.2, 0) is 0 Å². The zero-order chi connectivity index (χ0) is 12.9. The Labute approximate surface area is 120 Å². The summed E-state index contributed by atoms with van der Waals surface area (Å²) >= 11 is 0. The minimum Gasteiger partial charge on any atom is -0.347 e. The molecule has 2 aliphatic heterocycles. The van der Waals surface area contributed by atoms with Crippen molar-refractivity contribution in [3.63, 3.8) is 0 Å². The van der Waals surface area contributed by atoms with Crippen LogP contribution in [0.25, 0.3) is 0 Å². The quantitative estimate of drug-likeness (QED) is 0.829. The smallest absolute Gasteiger partial charge is 0.252 e. The molecule has 3 nitrogen and oxygen atoms in total. The van der Waals surface area contributed by atoms with Crippen molar-refractivity contribution in [1.82, 2.24) is 10.6 Å². The van der Waals surface area contributed by atoms with Crippen molar-refractivity contribution in [3.05, 3.63) is 34.4 Å². The van der Waals surface area contributed by atoms with Gasteiger partial charge in [-0.2, -0.15) is 0 Å². The molecule has 2 N–H and O–H groups in total. The number of carbonyl (C=O) groups is 1. The minimum absolute atomic E-state index is 0. The normalized spacial score (nSPS) is 24.5. The summed E-state index contributed by atoms with van der Waals surface area (Å²) in [6, 6.07) is 4.68. The monoisotopic (exact) mass is 280 g/mol. The molecule has 0 bridgehead atoms. The van der Waals surface area contributed by atoms with Crippen molar-refractivity contribution in [3.8, 4) is 0 Å². The van der Waals surface area contributed by atoms with E-state index in [4.69, 9.17) is 0 Å². The van der Waals surface area contributed by atoms with Crippen LogP contribution in [0.5, 0.6) is 0 Å². The number of carbonyl (C=O) groups excluding carboxylic acids is 1. The van der Waals surface area contributed by atoms with Gasteiger partial charge in [-0.3, -0.25) is 4.79 Å². The first-order chi connectivity index (χ1) is 8.58. The fourth-order valence-electron chi connectivity index (χ4n) is 3.18. The maximum absolute atomic E-state index is 12.2. The Kier molecular flexibility index (Phi) is 3.88. The lowest BCUT2D eigenvalue weighted by atomic mass is 9.82. The van der Waals surface area contributed by atoms with Gasteiger partial charge in [-0.05, 0) is 29.5 Å². The summed E-state index contributed by atoms with van der Waals surface area (Å²) in [4.78, 5) is 12.2. The molecule has 2 heterocycles. The second-order valence-electron chi connectivity index (χ2n) is 5.80. The van der Waals surface area contributed by atoms with Crippen LogP contribution < -0.4 is 10.6 Å². The number of aryl methyl sites for hydroxylation is 1. The number of hydrogen-bond acceptors (Lipinski definition) is 2. The summed E-state index contributed by atoms with van der Waals surface area (Å²) in [5.74, 6) is 1.05. The molecule has 0 aromatic heterocycles. The van der Waals surface area contributed by atoms with Gasteiger partial charge in [-0.1, -0.05) is 26.0 Å². The van der Waals surface area contributed by atoms with Crippen LogP contribution >= 0.6 is 12.4 Å². The van der Waals surface area contributed by atoms with Crippen molar-refractivity contribution in [2.75, 3.05) is 13.1 Å². The highest BCUT2D eigenvalue weighted by Crippen LogP contribution is 2.34. The maximum Gasteiger partial charge on any atom is 0.252 e. The Bertz CT molecular complexity index is 513. The number of fused-ring (bicyclic) bond motifs is 3. The molecule has 0 saturated carbocycles. The molecule has 0 radical (unpaired) electrons. The predicted molar refractivity (Wildman–Crippen MR) is 79.4 cm³/mol. The van der Waals surface area contributed by atoms with Gasteiger partial charge in [0.05, 0.1) is 0 Å². The lowest BCUT2D eigenvalue weighted by molar-refractivity contribution is 0.0923. The van der Waals surface area contributed by atoms with Gasteiger partial charge in [0, 0.05) is 30.6 Å². The molecule has 4 heteroatoms. The third-order valence-corrected chi connectivity index (χ3v) is 4.21. The Morgan fingerprint density at radius 1 is 1.26 bits per heavy atom. The van der Waals surface area contributed by atoms with Gasteiger partial charge in [0.25, 0.3) is 5.91 Å². The van der Waals surface area contributed by atoms with Gasteiger partial charge in [-0.15, -0.1) is 12.4 Å². The first-order valence-corrected chi connectivity index (χ1v) is 6.74. The van der Waals surface area contributed by atoms with Gasteiger partial charge in [-0.25, -0.2) is 0 Å². The fourth-order valence-corrected chi connectivity index (χ4v) is 3.18. The van der Waals surface area contributed by atoms with Crippen LogP contribution in [0.4, 0.5) is 0 Å². The van der Waals surface area contributed by atoms with E-state index in [2.05, 4.69) is 36.6 Å². The molecule has 2 atom stereocenters. The number of amides is 1. The highest BCUT2D eigenvalue weighted by molar-refractivity contribution is 5.99. The summed E-state index contributed by atoms with van der Waals surface area (Å²) in [5.41, 5.74) is 4.60. The summed E-state index contributed by atoms with van der Waals surface area (Å²) < 4.78 is 0. The summed E-state index contributed by atoms with van der Waals surface area (Å²) in [6.07, 6.45) is 0. The molecule has 1 saturated heterocycles. The second-order valence-corrected chi connectivity index (χ2v) is 5.80. The van der Waals surface area contributed by atoms with E-state index in [1.54, 1.807) is 0 Å². The Morgan fingerprint density at radius 3 is 2.68 bits per heavy atom. The van der Waals surface area contributed by atoms with Crippen molar-refractivity contribution >= 4 is 18.3 Å². The molecule has 3 rings (SSSR count). The van der Waals surface area contributed by atoms with E-state index in [1.807, 2.05) is 6.92 Å². The molecule has 1 fully saturated rings. The first kappa shape index (κ1) is 14.4. The standard InChI is InChI=1S/C15H20N2O.ClH/c1-8(2)10-4-9(3)14-11(5-10)12-6-16-7-13(12)17-15(14)18;/h4-5,8,12-13,16H,6-7H2,1-3H3,(H,17,18);1H/t12-,13+;/m1./s1. The molecule has 0 unspecified atom stereocenters. The molecule has 104 valence electrons. The average Bonchev–Trinajstić information content (AvgIpc) is 2.76. The topological polar surface area (TPSA) is 41.1 Å². The maximum atomic E-state index is 12.2. The zero-order valence-electron chi connectivity index (χ0n) is 11.6. The number of nitrogens with one attached hydrogen (secondary N) is 2.